The Balaban J connectivity index is 1.45. The number of rotatable bonds is 4. The molecule has 7 nitrogen and oxygen atoms in total. The average molecular weight is 449 g/mol. The molecular formula is C20H18F3N5O2S. The van der Waals surface area contributed by atoms with E-state index in [-0.39, 0.29) is 18.0 Å². The minimum absolute atomic E-state index is 0.130. The molecule has 0 aliphatic carbocycles. The molecule has 11 heteroatoms. The predicted octanol–water partition coefficient (Wildman–Crippen LogP) is 3.07. The normalized spacial score (nSPS) is 15.8. The second-order valence-corrected chi connectivity index (χ2v) is 8.87. The molecule has 1 aliphatic heterocycles. The van der Waals surface area contributed by atoms with E-state index < -0.39 is 21.8 Å². The van der Waals surface area contributed by atoms with Gasteiger partial charge in [-0.1, -0.05) is 6.07 Å². The number of benzene rings is 1. The molecule has 1 aromatic carbocycles. The molecule has 31 heavy (non-hydrogen) atoms. The number of aromatic nitrogens is 3. The van der Waals surface area contributed by atoms with Crippen LogP contribution in [0.25, 0.3) is 11.3 Å². The summed E-state index contributed by atoms with van der Waals surface area (Å²) in [6.07, 6.45) is -1.26. The third kappa shape index (κ3) is 4.52. The average Bonchev–Trinajstić information content (AvgIpc) is 2.79. The van der Waals surface area contributed by atoms with E-state index in [4.69, 9.17) is 0 Å². The molecule has 0 unspecified atom stereocenters. The van der Waals surface area contributed by atoms with Gasteiger partial charge in [0.15, 0.2) is 5.82 Å². The van der Waals surface area contributed by atoms with Gasteiger partial charge in [0, 0.05) is 44.1 Å². The van der Waals surface area contributed by atoms with Crippen molar-refractivity contribution in [1.29, 1.82) is 0 Å². The third-order valence-electron chi connectivity index (χ3n) is 4.97. The molecule has 3 heterocycles. The zero-order valence-corrected chi connectivity index (χ0v) is 17.0. The van der Waals surface area contributed by atoms with Gasteiger partial charge in [-0.05, 0) is 42.5 Å². The van der Waals surface area contributed by atoms with Crippen molar-refractivity contribution in [2.75, 3.05) is 31.1 Å². The van der Waals surface area contributed by atoms with Crippen LogP contribution in [-0.4, -0.2) is 54.1 Å². The van der Waals surface area contributed by atoms with Crippen molar-refractivity contribution >= 4 is 15.8 Å². The van der Waals surface area contributed by atoms with E-state index in [1.54, 1.807) is 24.5 Å². The summed E-state index contributed by atoms with van der Waals surface area (Å²) in [6.45, 7) is 0.952. The van der Waals surface area contributed by atoms with Gasteiger partial charge in [-0.25, -0.2) is 8.42 Å². The lowest BCUT2D eigenvalue weighted by molar-refractivity contribution is -0.137. The van der Waals surface area contributed by atoms with Crippen LogP contribution in [-0.2, 0) is 16.2 Å². The Morgan fingerprint density at radius 1 is 0.903 bits per heavy atom. The number of piperazine rings is 1. The Morgan fingerprint density at radius 3 is 2.29 bits per heavy atom. The summed E-state index contributed by atoms with van der Waals surface area (Å²) < 4.78 is 65.7. The molecular weight excluding hydrogens is 431 g/mol. The van der Waals surface area contributed by atoms with Crippen LogP contribution in [0.4, 0.5) is 19.0 Å². The molecule has 0 saturated carbocycles. The highest BCUT2D eigenvalue weighted by Gasteiger charge is 2.34. The van der Waals surface area contributed by atoms with Crippen molar-refractivity contribution in [2.45, 2.75) is 11.1 Å². The first kappa shape index (κ1) is 21.2. The Morgan fingerprint density at radius 2 is 1.68 bits per heavy atom. The fraction of sp³-hybridized carbons (Fsp3) is 0.250. The highest BCUT2D eigenvalue weighted by molar-refractivity contribution is 7.89. The lowest BCUT2D eigenvalue weighted by Gasteiger charge is -2.34. The summed E-state index contributed by atoms with van der Waals surface area (Å²) in [4.78, 5) is 5.57. The van der Waals surface area contributed by atoms with Crippen LogP contribution < -0.4 is 4.90 Å². The molecule has 0 bridgehead atoms. The van der Waals surface area contributed by atoms with Gasteiger partial charge in [-0.15, -0.1) is 10.2 Å². The minimum Gasteiger partial charge on any atom is -0.352 e. The quantitative estimate of drug-likeness (QED) is 0.609. The first-order valence-electron chi connectivity index (χ1n) is 9.42. The summed E-state index contributed by atoms with van der Waals surface area (Å²) in [5.41, 5.74) is 0.511. The topological polar surface area (TPSA) is 79.3 Å². The van der Waals surface area contributed by atoms with Crippen LogP contribution in [0.15, 0.2) is 65.8 Å². The van der Waals surface area contributed by atoms with Crippen molar-refractivity contribution in [1.82, 2.24) is 19.5 Å². The molecule has 0 atom stereocenters. The summed E-state index contributed by atoms with van der Waals surface area (Å²) in [5.74, 6) is 0.601. The number of halogens is 3. The molecule has 0 radical (unpaired) electrons. The van der Waals surface area contributed by atoms with Crippen molar-refractivity contribution in [3.05, 3.63) is 66.5 Å². The van der Waals surface area contributed by atoms with Crippen LogP contribution in [0.2, 0.25) is 0 Å². The van der Waals surface area contributed by atoms with Crippen molar-refractivity contribution < 1.29 is 21.6 Å². The zero-order valence-electron chi connectivity index (χ0n) is 16.2. The van der Waals surface area contributed by atoms with Gasteiger partial charge in [-0.3, -0.25) is 4.98 Å². The fourth-order valence-electron chi connectivity index (χ4n) is 3.30. The van der Waals surface area contributed by atoms with E-state index in [1.165, 1.54) is 10.4 Å². The lowest BCUT2D eigenvalue weighted by Crippen LogP contribution is -2.49. The summed E-state index contributed by atoms with van der Waals surface area (Å²) in [6, 6.07) is 11.1. The molecule has 1 fully saturated rings. The van der Waals surface area contributed by atoms with Gasteiger partial charge in [0.1, 0.15) is 0 Å². The first-order chi connectivity index (χ1) is 14.7. The largest absolute Gasteiger partial charge is 0.416 e. The van der Waals surface area contributed by atoms with Gasteiger partial charge < -0.3 is 4.90 Å². The van der Waals surface area contributed by atoms with Crippen LogP contribution >= 0.6 is 0 Å². The maximum absolute atomic E-state index is 12.9. The number of hydrogen-bond donors (Lipinski definition) is 0. The van der Waals surface area contributed by atoms with Gasteiger partial charge in [-0.2, -0.15) is 17.5 Å². The van der Waals surface area contributed by atoms with Crippen LogP contribution in [0.3, 0.4) is 0 Å². The van der Waals surface area contributed by atoms with Crippen LogP contribution in [0.5, 0.6) is 0 Å². The first-order valence-corrected chi connectivity index (χ1v) is 10.9. The fourth-order valence-corrected chi connectivity index (χ4v) is 4.77. The van der Waals surface area contributed by atoms with Crippen molar-refractivity contribution in [3.8, 4) is 11.3 Å². The Hall–Kier alpha value is -3.05. The summed E-state index contributed by atoms with van der Waals surface area (Å²) in [7, 11) is -4.03. The van der Waals surface area contributed by atoms with Gasteiger partial charge in [0.2, 0.25) is 10.0 Å². The summed E-state index contributed by atoms with van der Waals surface area (Å²) >= 11 is 0. The standard InChI is InChI=1S/C20H18F3N5O2S/c21-20(22,23)16-4-1-5-17(13-16)31(29,30)28-11-9-27(10-12-28)19-7-6-18(25-26-19)15-3-2-8-24-14-15/h1-8,13-14H,9-12H2. The molecule has 0 N–H and O–H groups in total. The maximum Gasteiger partial charge on any atom is 0.416 e. The number of hydrogen-bond acceptors (Lipinski definition) is 6. The Bertz CT molecular complexity index is 1150. The molecule has 1 aliphatic rings. The number of alkyl halides is 3. The molecule has 4 rings (SSSR count). The van der Waals surface area contributed by atoms with E-state index in [9.17, 15) is 21.6 Å². The molecule has 1 saturated heterocycles. The second kappa shape index (κ2) is 8.23. The number of sulfonamides is 1. The van der Waals surface area contributed by atoms with E-state index >= 15 is 0 Å². The lowest BCUT2D eigenvalue weighted by atomic mass is 10.2. The minimum atomic E-state index is -4.61. The molecule has 3 aromatic rings. The van der Waals surface area contributed by atoms with Gasteiger partial charge in [0.05, 0.1) is 16.2 Å². The zero-order chi connectivity index (χ0) is 22.1. The second-order valence-electron chi connectivity index (χ2n) is 6.94. The molecule has 0 amide bonds. The molecule has 0 spiro atoms. The maximum atomic E-state index is 12.9. The smallest absolute Gasteiger partial charge is 0.352 e. The summed E-state index contributed by atoms with van der Waals surface area (Å²) in [5, 5.41) is 8.42. The Kier molecular flexibility index (Phi) is 5.63. The third-order valence-corrected chi connectivity index (χ3v) is 6.86. The molecule has 162 valence electrons. The van der Waals surface area contributed by atoms with Gasteiger partial charge in [0.25, 0.3) is 0 Å². The van der Waals surface area contributed by atoms with E-state index in [1.807, 2.05) is 17.0 Å². The van der Waals surface area contributed by atoms with Gasteiger partial charge >= 0.3 is 6.18 Å². The Labute approximate surface area is 177 Å². The van der Waals surface area contributed by atoms with Crippen LogP contribution in [0, 0.1) is 0 Å². The molecule has 2 aromatic heterocycles. The van der Waals surface area contributed by atoms with E-state index in [0.29, 0.717) is 30.7 Å². The monoisotopic (exact) mass is 449 g/mol. The van der Waals surface area contributed by atoms with Crippen molar-refractivity contribution in [3.63, 3.8) is 0 Å². The number of pyridine rings is 1. The van der Waals surface area contributed by atoms with Crippen molar-refractivity contribution in [2.24, 2.45) is 0 Å². The number of anilines is 1. The predicted molar refractivity (Wildman–Crippen MR) is 108 cm³/mol. The highest BCUT2D eigenvalue weighted by Crippen LogP contribution is 2.31. The highest BCUT2D eigenvalue weighted by atomic mass is 32.2. The van der Waals surface area contributed by atoms with Crippen LogP contribution in [0.1, 0.15) is 5.56 Å². The van der Waals surface area contributed by atoms with E-state index in [2.05, 4.69) is 15.2 Å². The SMILES string of the molecule is O=S(=O)(c1cccc(C(F)(F)F)c1)N1CCN(c2ccc(-c3cccnc3)nn2)CC1. The number of nitrogens with zero attached hydrogens (tertiary/aromatic N) is 5. The van der Waals surface area contributed by atoms with E-state index in [0.717, 1.165) is 17.7 Å².